The fourth-order valence-electron chi connectivity index (χ4n) is 4.87. The van der Waals surface area contributed by atoms with E-state index >= 15 is 4.39 Å². The molecule has 0 unspecified atom stereocenters. The SMILES string of the molecule is COCCOc1nc2cc(-c3cc4c(OCC(F)(F)F)nc5cc[nH]c(=O)c5c4cc3F)[nH]c(=O)c2c2cc(F)ccc12. The number of pyridine rings is 4. The Morgan fingerprint density at radius 3 is 2.28 bits per heavy atom. The summed E-state index contributed by atoms with van der Waals surface area (Å²) in [5.41, 5.74) is -1.71. The molecule has 0 amide bonds. The molecule has 2 N–H and O–H groups in total. The first kappa shape index (κ1) is 28.0. The summed E-state index contributed by atoms with van der Waals surface area (Å²) in [5.74, 6) is -1.95. The van der Waals surface area contributed by atoms with Crippen molar-refractivity contribution in [3.63, 3.8) is 0 Å². The lowest BCUT2D eigenvalue weighted by atomic mass is 10.0. The van der Waals surface area contributed by atoms with Gasteiger partial charge in [-0.25, -0.2) is 18.7 Å². The van der Waals surface area contributed by atoms with E-state index in [4.69, 9.17) is 14.2 Å². The number of hydrogen-bond acceptors (Lipinski definition) is 7. The van der Waals surface area contributed by atoms with E-state index in [2.05, 4.69) is 19.9 Å². The highest BCUT2D eigenvalue weighted by Crippen LogP contribution is 2.36. The van der Waals surface area contributed by atoms with E-state index in [1.54, 1.807) is 0 Å². The van der Waals surface area contributed by atoms with Gasteiger partial charge in [-0.2, -0.15) is 13.2 Å². The number of rotatable bonds is 7. The van der Waals surface area contributed by atoms with Gasteiger partial charge in [0, 0.05) is 40.4 Å². The molecule has 6 rings (SSSR count). The number of benzene rings is 2. The number of hydrogen-bond donors (Lipinski definition) is 2. The number of alkyl halides is 3. The van der Waals surface area contributed by atoms with E-state index in [1.807, 2.05) is 0 Å². The molecular formula is C29H19F5N4O5. The van der Waals surface area contributed by atoms with E-state index in [-0.39, 0.29) is 68.3 Å². The third-order valence-electron chi connectivity index (χ3n) is 6.67. The number of H-pyrrole nitrogens is 2. The van der Waals surface area contributed by atoms with Crippen LogP contribution in [0.3, 0.4) is 0 Å². The molecule has 4 aromatic heterocycles. The standard InChI is InChI=1S/C29H19F5N4O5/c1-41-6-7-42-27-14-3-2-13(30)8-15(14)24-22(38-27)11-21(36-26(24)40)18-9-17-16(10-19(18)31)23-20(4-5-35-25(23)39)37-28(17)43-12-29(32,33)34/h2-5,8-11H,6-7,12H2,1H3,(H,35,39)(H,36,40). The zero-order chi connectivity index (χ0) is 30.5. The summed E-state index contributed by atoms with van der Waals surface area (Å²) in [6.07, 6.45) is -3.46. The number of methoxy groups -OCH3 is 1. The van der Waals surface area contributed by atoms with Crippen molar-refractivity contribution in [3.8, 4) is 23.0 Å². The molecule has 0 aliphatic carbocycles. The van der Waals surface area contributed by atoms with Crippen molar-refractivity contribution in [1.82, 2.24) is 19.9 Å². The molecule has 220 valence electrons. The van der Waals surface area contributed by atoms with Crippen LogP contribution >= 0.6 is 0 Å². The van der Waals surface area contributed by atoms with E-state index in [1.165, 1.54) is 37.6 Å². The zero-order valence-electron chi connectivity index (χ0n) is 22.1. The largest absolute Gasteiger partial charge is 0.475 e. The highest BCUT2D eigenvalue weighted by Gasteiger charge is 2.29. The van der Waals surface area contributed by atoms with Crippen LogP contribution in [0.2, 0.25) is 0 Å². The maximum absolute atomic E-state index is 15.7. The lowest BCUT2D eigenvalue weighted by Gasteiger charge is -2.14. The van der Waals surface area contributed by atoms with Crippen LogP contribution in [0.4, 0.5) is 22.0 Å². The van der Waals surface area contributed by atoms with Gasteiger partial charge < -0.3 is 24.2 Å². The Hall–Kier alpha value is -5.11. The first-order valence-electron chi connectivity index (χ1n) is 12.7. The van der Waals surface area contributed by atoms with Crippen LogP contribution in [0.15, 0.2) is 58.3 Å². The van der Waals surface area contributed by atoms with Crippen molar-refractivity contribution >= 4 is 43.4 Å². The second-order valence-electron chi connectivity index (χ2n) is 9.49. The second-order valence-corrected chi connectivity index (χ2v) is 9.49. The first-order valence-corrected chi connectivity index (χ1v) is 12.7. The molecule has 0 saturated heterocycles. The van der Waals surface area contributed by atoms with Gasteiger partial charge in [-0.05, 0) is 42.5 Å². The predicted octanol–water partition coefficient (Wildman–Crippen LogP) is 5.38. The summed E-state index contributed by atoms with van der Waals surface area (Å²) in [5, 5.41) is 0.329. The van der Waals surface area contributed by atoms with Crippen LogP contribution < -0.4 is 20.6 Å². The maximum atomic E-state index is 15.7. The van der Waals surface area contributed by atoms with Crippen molar-refractivity contribution in [2.45, 2.75) is 6.18 Å². The average molecular weight is 598 g/mol. The van der Waals surface area contributed by atoms with Crippen LogP contribution in [0.25, 0.3) is 54.6 Å². The summed E-state index contributed by atoms with van der Waals surface area (Å²) < 4.78 is 84.7. The molecule has 0 aliphatic heterocycles. The number of ether oxygens (including phenoxy) is 3. The minimum atomic E-state index is -4.71. The third kappa shape index (κ3) is 5.20. The fourth-order valence-corrected chi connectivity index (χ4v) is 4.87. The Morgan fingerprint density at radius 2 is 1.51 bits per heavy atom. The van der Waals surface area contributed by atoms with Crippen LogP contribution in [-0.2, 0) is 4.74 Å². The molecule has 0 aliphatic rings. The quantitative estimate of drug-likeness (QED) is 0.144. The Balaban J connectivity index is 1.60. The number of nitrogens with zero attached hydrogens (tertiary/aromatic N) is 2. The summed E-state index contributed by atoms with van der Waals surface area (Å²) >= 11 is 0. The molecule has 2 aromatic carbocycles. The van der Waals surface area contributed by atoms with Gasteiger partial charge in [-0.3, -0.25) is 9.59 Å². The minimum absolute atomic E-state index is 0.00642. The number of aromatic amines is 2. The van der Waals surface area contributed by atoms with Crippen molar-refractivity contribution in [2.75, 3.05) is 26.9 Å². The van der Waals surface area contributed by atoms with E-state index in [0.717, 1.165) is 18.2 Å². The highest BCUT2D eigenvalue weighted by atomic mass is 19.4. The van der Waals surface area contributed by atoms with Crippen molar-refractivity contribution in [2.24, 2.45) is 0 Å². The normalized spacial score (nSPS) is 12.0. The van der Waals surface area contributed by atoms with Gasteiger partial charge in [0.2, 0.25) is 11.8 Å². The van der Waals surface area contributed by atoms with E-state index in [9.17, 15) is 27.2 Å². The molecule has 0 spiro atoms. The van der Waals surface area contributed by atoms with E-state index < -0.39 is 41.4 Å². The van der Waals surface area contributed by atoms with Crippen molar-refractivity contribution in [3.05, 3.63) is 81.0 Å². The third-order valence-corrected chi connectivity index (χ3v) is 6.67. The summed E-state index contributed by atoms with van der Waals surface area (Å²) in [4.78, 5) is 39.4. The topological polar surface area (TPSA) is 119 Å². The molecule has 0 saturated carbocycles. The first-order chi connectivity index (χ1) is 20.5. The molecule has 6 aromatic rings. The number of halogens is 5. The minimum Gasteiger partial charge on any atom is -0.475 e. The monoisotopic (exact) mass is 598 g/mol. The van der Waals surface area contributed by atoms with Gasteiger partial charge in [-0.1, -0.05) is 0 Å². The summed E-state index contributed by atoms with van der Waals surface area (Å²) in [6, 6.07) is 8.50. The predicted molar refractivity (Wildman–Crippen MR) is 148 cm³/mol. The van der Waals surface area contributed by atoms with Crippen LogP contribution in [0.1, 0.15) is 0 Å². The molecule has 0 fully saturated rings. The smallest absolute Gasteiger partial charge is 0.422 e. The molecule has 0 radical (unpaired) electrons. The zero-order valence-corrected chi connectivity index (χ0v) is 22.1. The Morgan fingerprint density at radius 1 is 0.791 bits per heavy atom. The second kappa shape index (κ2) is 10.6. The Bertz CT molecular complexity index is 2180. The van der Waals surface area contributed by atoms with Crippen molar-refractivity contribution in [1.29, 1.82) is 0 Å². The fraction of sp³-hybridized carbons (Fsp3) is 0.172. The Labute approximate surface area is 236 Å². The van der Waals surface area contributed by atoms with Gasteiger partial charge in [0.1, 0.15) is 18.2 Å². The van der Waals surface area contributed by atoms with E-state index in [0.29, 0.717) is 5.39 Å². The summed E-state index contributed by atoms with van der Waals surface area (Å²) in [6.45, 7) is -1.38. The van der Waals surface area contributed by atoms with Gasteiger partial charge in [0.05, 0.1) is 34.1 Å². The van der Waals surface area contributed by atoms with Crippen LogP contribution in [0, 0.1) is 11.6 Å². The molecule has 0 atom stereocenters. The molecule has 14 heteroatoms. The molecule has 43 heavy (non-hydrogen) atoms. The Kier molecular flexibility index (Phi) is 6.92. The number of fused-ring (bicyclic) bond motifs is 6. The van der Waals surface area contributed by atoms with Crippen LogP contribution in [0.5, 0.6) is 11.8 Å². The highest BCUT2D eigenvalue weighted by molar-refractivity contribution is 6.10. The lowest BCUT2D eigenvalue weighted by molar-refractivity contribution is -0.153. The molecule has 0 bridgehead atoms. The van der Waals surface area contributed by atoms with Gasteiger partial charge >= 0.3 is 6.18 Å². The molecule has 4 heterocycles. The molecular weight excluding hydrogens is 579 g/mol. The molecule has 9 nitrogen and oxygen atoms in total. The van der Waals surface area contributed by atoms with Crippen molar-refractivity contribution < 1.29 is 36.2 Å². The summed E-state index contributed by atoms with van der Waals surface area (Å²) in [7, 11) is 1.47. The van der Waals surface area contributed by atoms with Gasteiger partial charge in [0.15, 0.2) is 6.61 Å². The van der Waals surface area contributed by atoms with Gasteiger partial charge in [0.25, 0.3) is 11.1 Å². The number of nitrogens with one attached hydrogen (secondary N) is 2. The lowest BCUT2D eigenvalue weighted by Crippen LogP contribution is -2.20. The average Bonchev–Trinajstić information content (AvgIpc) is 2.94. The van der Waals surface area contributed by atoms with Crippen LogP contribution in [-0.4, -0.2) is 53.0 Å². The maximum Gasteiger partial charge on any atom is 0.422 e. The number of aromatic nitrogens is 4. The van der Waals surface area contributed by atoms with Gasteiger partial charge in [-0.15, -0.1) is 0 Å².